The molecule has 8 fully saturated rings. The zero-order chi connectivity index (χ0) is 105. The first-order valence-electron chi connectivity index (χ1n) is 48.5. The Morgan fingerprint density at radius 2 is 0.387 bits per heavy atom. The van der Waals surface area contributed by atoms with E-state index in [1.807, 2.05) is 204 Å². The first kappa shape index (κ1) is 118. The molecule has 8 aromatic carbocycles. The summed E-state index contributed by atoms with van der Waals surface area (Å²) in [5.74, 6) is 7.03. The van der Waals surface area contributed by atoms with E-state index in [0.29, 0.717) is 0 Å². The van der Waals surface area contributed by atoms with Crippen LogP contribution in [0.15, 0.2) is 158 Å². The third-order valence-corrected chi connectivity index (χ3v) is 34.5. The number of hydrogen-bond acceptors (Lipinski definition) is 24. The molecule has 0 saturated carbocycles. The number of rotatable bonds is 16. The van der Waals surface area contributed by atoms with Gasteiger partial charge in [-0.1, -0.05) is 108 Å². The molecule has 32 heteroatoms. The van der Waals surface area contributed by atoms with Gasteiger partial charge in [0.05, 0.1) is 87.3 Å². The lowest BCUT2D eigenvalue weighted by Crippen LogP contribution is -2.44. The fraction of sp³-hybridized carbons (Fsp3) is 0.491. The molecule has 0 radical (unpaired) electrons. The zero-order valence-corrected chi connectivity index (χ0v) is 95.4. The molecule has 8 saturated heterocycles. The van der Waals surface area contributed by atoms with Crippen molar-refractivity contribution in [3.63, 3.8) is 0 Å². The quantitative estimate of drug-likeness (QED) is 0.0427. The number of carbonyl (C=O) groups excluding carboxylic acids is 8. The van der Waals surface area contributed by atoms with E-state index in [4.69, 9.17) is 0 Å². The Balaban J connectivity index is 0.000000181. The van der Waals surface area contributed by atoms with Crippen LogP contribution in [0.2, 0.25) is 0 Å². The van der Waals surface area contributed by atoms with E-state index in [1.165, 1.54) is 33.4 Å². The molecule has 0 bridgehead atoms. The van der Waals surface area contributed by atoms with Gasteiger partial charge < -0.3 is 42.5 Å². The van der Waals surface area contributed by atoms with Gasteiger partial charge in [0.2, 0.25) is 47.3 Å². The number of benzene rings is 8. The summed E-state index contributed by atoms with van der Waals surface area (Å²) in [6.45, 7) is 62.0. The predicted octanol–water partition coefficient (Wildman–Crippen LogP) is 20.8. The molecule has 772 valence electrons. The molecule has 142 heavy (non-hydrogen) atoms. The standard InChI is InChI=1S/2C15H22N2OS.2C14H20N2OS.4C13H18N2OS/c2*1-9-6-10(2)13(11(3)7-9)16-14(18)12-8-19-15(4,5)17-12;2*1-9-5-10(2)7-11(6-9)15-13(17)12-8-18-14(3,4)16-12;2*1-9-5-4-6-10(7-9)14-12(16)11-8-17-13(2,3)15-11;2*1-9-6-4-5-7-10(9)14-12(16)11-8-17-13(2,3)15-11/h2*6-7,12,17H,8H2,1-5H3,(H,16,18);2*5-7,12,16H,8H2,1-4H3,(H,15,17);4*4-7,11,15H,8H2,1-3H3,(H,14,16)/t4*12-;4*11-/m10101010/s1. The molecule has 8 aromatic rings. The smallest absolute Gasteiger partial charge is 0.242 e. The van der Waals surface area contributed by atoms with Crippen molar-refractivity contribution in [2.24, 2.45) is 0 Å². The summed E-state index contributed by atoms with van der Waals surface area (Å²) >= 11 is 14.2. The molecular weight excluding hydrogens is 1930 g/mol. The monoisotopic (exact) mass is 2090 g/mol. The number of anilines is 8. The van der Waals surface area contributed by atoms with Crippen molar-refractivity contribution < 1.29 is 38.4 Å². The maximum Gasteiger partial charge on any atom is 0.242 e. The lowest BCUT2D eigenvalue weighted by atomic mass is 10.0. The molecule has 0 spiro atoms. The van der Waals surface area contributed by atoms with Gasteiger partial charge in [0.25, 0.3) is 0 Å². The van der Waals surface area contributed by atoms with Crippen LogP contribution in [0.3, 0.4) is 0 Å². The van der Waals surface area contributed by atoms with Crippen LogP contribution in [-0.2, 0) is 38.4 Å². The summed E-state index contributed by atoms with van der Waals surface area (Å²) in [6, 6.07) is 51.1. The van der Waals surface area contributed by atoms with Crippen molar-refractivity contribution in [1.82, 2.24) is 42.5 Å². The Bertz CT molecular complexity index is 5320. The molecule has 16 rings (SSSR count). The SMILES string of the molecule is Cc1cc(C)c(NC(=O)[C@@H]2CSC(C)(C)N2)c(C)c1.Cc1cc(C)c(NC(=O)[C@H]2CSC(C)(C)N2)c(C)c1.Cc1cc(C)cc(NC(=O)[C@@H]2CSC(C)(C)N2)c1.Cc1cc(C)cc(NC(=O)[C@H]2CSC(C)(C)N2)c1.Cc1cccc(NC(=O)[C@@H]2CSC(C)(C)N2)c1.Cc1cccc(NC(=O)[C@H]2CSC(C)(C)N2)c1.Cc1ccccc1NC(=O)[C@@H]1CSC(C)(C)N1.Cc1ccccc1NC(=O)[C@H]1CSC(C)(C)N1. The van der Waals surface area contributed by atoms with Gasteiger partial charge in [-0.25, -0.2) is 0 Å². The van der Waals surface area contributed by atoms with Crippen molar-refractivity contribution in [2.75, 3.05) is 88.6 Å². The van der Waals surface area contributed by atoms with Crippen LogP contribution in [0, 0.1) is 96.9 Å². The Hall–Kier alpha value is -8.00. The summed E-state index contributed by atoms with van der Waals surface area (Å²) < 4.78 is 0. The van der Waals surface area contributed by atoms with Crippen LogP contribution in [0.5, 0.6) is 0 Å². The molecule has 8 atom stereocenters. The van der Waals surface area contributed by atoms with Crippen LogP contribution in [-0.4, -0.2) is 181 Å². The van der Waals surface area contributed by atoms with Crippen LogP contribution < -0.4 is 85.1 Å². The Morgan fingerprint density at radius 3 is 0.585 bits per heavy atom. The van der Waals surface area contributed by atoms with E-state index in [0.717, 1.165) is 136 Å². The topological polar surface area (TPSA) is 329 Å². The van der Waals surface area contributed by atoms with Gasteiger partial charge in [-0.05, 0) is 335 Å². The van der Waals surface area contributed by atoms with Crippen LogP contribution in [0.1, 0.15) is 189 Å². The Morgan fingerprint density at radius 1 is 0.204 bits per heavy atom. The first-order valence-corrected chi connectivity index (χ1v) is 56.4. The van der Waals surface area contributed by atoms with Gasteiger partial charge in [-0.15, -0.1) is 94.1 Å². The van der Waals surface area contributed by atoms with Crippen molar-refractivity contribution in [3.05, 3.63) is 236 Å². The molecule has 8 heterocycles. The van der Waals surface area contributed by atoms with Crippen molar-refractivity contribution in [1.29, 1.82) is 0 Å². The van der Waals surface area contributed by atoms with E-state index in [9.17, 15) is 38.4 Å². The van der Waals surface area contributed by atoms with Gasteiger partial charge in [0.15, 0.2) is 0 Å². The van der Waals surface area contributed by atoms with Crippen molar-refractivity contribution >= 4 is 187 Å². The summed E-state index contributed by atoms with van der Waals surface area (Å²) in [6.07, 6.45) is 0. The van der Waals surface area contributed by atoms with E-state index in [1.54, 1.807) is 94.1 Å². The number of para-hydroxylation sites is 2. The van der Waals surface area contributed by atoms with Gasteiger partial charge in [-0.3, -0.25) is 80.9 Å². The zero-order valence-electron chi connectivity index (χ0n) is 88.8. The highest BCUT2D eigenvalue weighted by Crippen LogP contribution is 2.38. The third-order valence-electron chi connectivity index (χ3n) is 23.8. The molecular formula is C110H156N16O8S8. The molecule has 8 aliphatic rings. The fourth-order valence-corrected chi connectivity index (χ4v) is 25.3. The second-order valence-electron chi connectivity index (χ2n) is 41.7. The molecule has 0 aromatic heterocycles. The van der Waals surface area contributed by atoms with Crippen LogP contribution in [0.4, 0.5) is 45.5 Å². The van der Waals surface area contributed by atoms with E-state index in [-0.39, 0.29) is 135 Å². The molecule has 8 amide bonds. The second kappa shape index (κ2) is 51.6. The first-order chi connectivity index (χ1) is 66.2. The minimum atomic E-state index is -0.111. The highest BCUT2D eigenvalue weighted by Gasteiger charge is 2.42. The Labute approximate surface area is 880 Å². The Kier molecular flexibility index (Phi) is 42.7. The number of amides is 8. The second-order valence-corrected chi connectivity index (χ2v) is 54.9. The summed E-state index contributed by atoms with van der Waals surface area (Å²) in [4.78, 5) is 97.0. The normalized spacial score (nSPS) is 22.0. The van der Waals surface area contributed by atoms with Crippen molar-refractivity contribution in [3.8, 4) is 0 Å². The van der Waals surface area contributed by atoms with Crippen LogP contribution in [0.25, 0.3) is 0 Å². The summed E-state index contributed by atoms with van der Waals surface area (Å²) in [5, 5.41) is 50.6. The molecule has 0 aliphatic carbocycles. The summed E-state index contributed by atoms with van der Waals surface area (Å²) in [5.41, 5.74) is 23.3. The number of carbonyl (C=O) groups is 8. The summed E-state index contributed by atoms with van der Waals surface area (Å²) in [7, 11) is 0. The number of aryl methyl sites for hydroxylation is 14. The van der Waals surface area contributed by atoms with Crippen molar-refractivity contribution in [2.45, 2.75) is 295 Å². The number of nitrogens with one attached hydrogen (secondary N) is 16. The minimum Gasteiger partial charge on any atom is -0.325 e. The number of thioether (sulfide) groups is 8. The average molecular weight is 2090 g/mol. The molecule has 0 unspecified atom stereocenters. The van der Waals surface area contributed by atoms with Gasteiger partial charge in [0.1, 0.15) is 0 Å². The van der Waals surface area contributed by atoms with Gasteiger partial charge in [0, 0.05) is 91.5 Å². The largest absolute Gasteiger partial charge is 0.325 e. The van der Waals surface area contributed by atoms with E-state index >= 15 is 0 Å². The average Bonchev–Trinajstić information content (AvgIpc) is 1.45. The molecule has 24 nitrogen and oxygen atoms in total. The lowest BCUT2D eigenvalue weighted by Gasteiger charge is -2.19. The molecule has 8 aliphatic heterocycles. The third kappa shape index (κ3) is 38.7. The fourth-order valence-electron chi connectivity index (χ4n) is 17.0. The predicted molar refractivity (Wildman–Crippen MR) is 615 cm³/mol. The maximum absolute atomic E-state index is 12.3. The van der Waals surface area contributed by atoms with Crippen LogP contribution >= 0.6 is 94.1 Å². The van der Waals surface area contributed by atoms with Gasteiger partial charge >= 0.3 is 0 Å². The van der Waals surface area contributed by atoms with Gasteiger partial charge in [-0.2, -0.15) is 0 Å². The minimum absolute atomic E-state index is 0.00535. The number of hydrogen-bond donors (Lipinski definition) is 16. The maximum atomic E-state index is 12.3. The highest BCUT2D eigenvalue weighted by molar-refractivity contribution is 8.02. The van der Waals surface area contributed by atoms with E-state index in [2.05, 4.69) is 246 Å². The highest BCUT2D eigenvalue weighted by atomic mass is 32.2. The molecule has 16 N–H and O–H groups in total. The lowest BCUT2D eigenvalue weighted by molar-refractivity contribution is -0.118. The van der Waals surface area contributed by atoms with E-state index < -0.39 is 0 Å².